The van der Waals surface area contributed by atoms with Crippen LogP contribution in [-0.4, -0.2) is 62.1 Å². The van der Waals surface area contributed by atoms with Crippen LogP contribution in [0.5, 0.6) is 0 Å². The van der Waals surface area contributed by atoms with Gasteiger partial charge in [-0.15, -0.1) is 0 Å². The molecular weight excluding hydrogens is 423 g/mol. The summed E-state index contributed by atoms with van der Waals surface area (Å²) in [6.45, 7) is 0. The van der Waals surface area contributed by atoms with Gasteiger partial charge in [-0.3, -0.25) is 5.01 Å². The molecule has 0 spiro atoms. The number of amides is 2. The molecule has 4 rings (SSSR count). The number of hydrogen-bond donors (Lipinski definition) is 3. The third-order valence-corrected chi connectivity index (χ3v) is 5.70. The third-order valence-electron chi connectivity index (χ3n) is 5.50. The number of nitrogens with zero attached hydrogens (tertiary/aromatic N) is 5. The minimum Gasteiger partial charge on any atom is -0.363 e. The molecule has 1 aliphatic rings. The van der Waals surface area contributed by atoms with Crippen molar-refractivity contribution in [3.05, 3.63) is 35.5 Å². The number of aromatic nitrogens is 4. The van der Waals surface area contributed by atoms with E-state index in [1.165, 1.54) is 9.91 Å². The normalized spacial score (nSPS) is 18.7. The molecule has 2 amide bonds. The Morgan fingerprint density at radius 1 is 1.29 bits per heavy atom. The second-order valence-electron chi connectivity index (χ2n) is 7.83. The largest absolute Gasteiger partial charge is 0.363 e. The number of hydrogen-bond acceptors (Lipinski definition) is 6. The van der Waals surface area contributed by atoms with Crippen LogP contribution >= 0.6 is 11.6 Å². The number of carbonyl (C=O) groups excluding carboxylic acids is 1. The molecule has 1 fully saturated rings. The molecule has 1 saturated carbocycles. The molecule has 0 radical (unpaired) electrons. The number of halogens is 2. The van der Waals surface area contributed by atoms with E-state index < -0.39 is 5.82 Å². The van der Waals surface area contributed by atoms with E-state index in [4.69, 9.17) is 17.4 Å². The molecule has 0 aliphatic heterocycles. The van der Waals surface area contributed by atoms with Gasteiger partial charge in [0.15, 0.2) is 17.5 Å². The van der Waals surface area contributed by atoms with Gasteiger partial charge >= 0.3 is 6.03 Å². The Labute approximate surface area is 183 Å². The topological polar surface area (TPSA) is 116 Å². The summed E-state index contributed by atoms with van der Waals surface area (Å²) >= 11 is 6.08. The van der Waals surface area contributed by atoms with E-state index in [9.17, 15) is 9.18 Å². The van der Waals surface area contributed by atoms with Crippen molar-refractivity contribution in [1.29, 1.82) is 0 Å². The fraction of sp³-hybridized carbons (Fsp3) is 0.400. The Bertz CT molecular complexity index is 1100. The Kier molecular flexibility index (Phi) is 5.92. The summed E-state index contributed by atoms with van der Waals surface area (Å²) in [4.78, 5) is 29.6. The quantitative estimate of drug-likeness (QED) is 0.321. The number of nitrogens with two attached hydrogens (primary N) is 1. The number of nitrogens with one attached hydrogen (secondary N) is 2. The van der Waals surface area contributed by atoms with Crippen LogP contribution in [0.2, 0.25) is 5.02 Å². The van der Waals surface area contributed by atoms with Crippen molar-refractivity contribution in [1.82, 2.24) is 29.8 Å². The van der Waals surface area contributed by atoms with Crippen molar-refractivity contribution in [2.24, 2.45) is 5.84 Å². The van der Waals surface area contributed by atoms with Crippen LogP contribution in [0.15, 0.2) is 24.7 Å². The molecule has 11 heteroatoms. The fourth-order valence-corrected chi connectivity index (χ4v) is 4.08. The van der Waals surface area contributed by atoms with E-state index in [1.807, 2.05) is 0 Å². The van der Waals surface area contributed by atoms with E-state index in [-0.39, 0.29) is 23.9 Å². The fourth-order valence-electron chi connectivity index (χ4n) is 3.92. The number of aromatic amines is 1. The molecule has 1 aliphatic carbocycles. The van der Waals surface area contributed by atoms with E-state index in [1.54, 1.807) is 32.6 Å². The molecule has 0 saturated heterocycles. The summed E-state index contributed by atoms with van der Waals surface area (Å²) in [7, 11) is 3.29. The molecule has 0 aromatic carbocycles. The second kappa shape index (κ2) is 8.64. The molecule has 2 atom stereocenters. The van der Waals surface area contributed by atoms with Crippen molar-refractivity contribution in [3.63, 3.8) is 0 Å². The summed E-state index contributed by atoms with van der Waals surface area (Å²) in [5, 5.41) is 5.61. The molecule has 3 heterocycles. The van der Waals surface area contributed by atoms with Gasteiger partial charge in [0.25, 0.3) is 0 Å². The first kappa shape index (κ1) is 21.3. The van der Waals surface area contributed by atoms with E-state index >= 15 is 0 Å². The number of urea groups is 1. The maximum Gasteiger partial charge on any atom is 0.333 e. The van der Waals surface area contributed by atoms with E-state index in [2.05, 4.69) is 25.3 Å². The van der Waals surface area contributed by atoms with Gasteiger partial charge in [0.05, 0.1) is 17.3 Å². The first-order chi connectivity index (χ1) is 14.8. The minimum atomic E-state index is -0.577. The van der Waals surface area contributed by atoms with Crippen LogP contribution < -0.4 is 11.2 Å². The Morgan fingerprint density at radius 3 is 2.84 bits per heavy atom. The SMILES string of the molecule is CN(C)C(=O)N(N)C1CCCCC1Nc1nc(-c2c[nH]c3ncc(Cl)cc23)ncc1F. The lowest BCUT2D eigenvalue weighted by atomic mass is 9.90. The van der Waals surface area contributed by atoms with Crippen LogP contribution in [0.1, 0.15) is 25.7 Å². The predicted molar refractivity (Wildman–Crippen MR) is 117 cm³/mol. The van der Waals surface area contributed by atoms with Crippen LogP contribution in [-0.2, 0) is 0 Å². The first-order valence-corrected chi connectivity index (χ1v) is 10.4. The van der Waals surface area contributed by atoms with Crippen molar-refractivity contribution >= 4 is 34.5 Å². The number of fused-ring (bicyclic) bond motifs is 1. The van der Waals surface area contributed by atoms with Crippen LogP contribution in [0.3, 0.4) is 0 Å². The molecular formula is C20H24ClFN8O. The average Bonchev–Trinajstić information content (AvgIpc) is 3.17. The van der Waals surface area contributed by atoms with Crippen molar-refractivity contribution in [2.75, 3.05) is 19.4 Å². The lowest BCUT2D eigenvalue weighted by molar-refractivity contribution is 0.128. The van der Waals surface area contributed by atoms with Gasteiger partial charge in [0.1, 0.15) is 5.65 Å². The molecule has 3 aromatic rings. The Hall–Kier alpha value is -2.98. The van der Waals surface area contributed by atoms with Gasteiger partial charge < -0.3 is 15.2 Å². The number of anilines is 1. The highest BCUT2D eigenvalue weighted by Crippen LogP contribution is 2.30. The van der Waals surface area contributed by atoms with Gasteiger partial charge in [-0.2, -0.15) is 0 Å². The minimum absolute atomic E-state index is 0.0666. The standard InChI is InChI=1S/C20H24ClFN8O/c1-29(2)20(31)30(23)16-6-4-3-5-15(16)27-19-14(22)10-26-18(28-19)13-9-25-17-12(13)7-11(21)8-24-17/h7-10,15-16H,3-6,23H2,1-2H3,(H,24,25)(H,26,27,28). The summed E-state index contributed by atoms with van der Waals surface area (Å²) in [6.07, 6.45) is 7.74. The summed E-state index contributed by atoms with van der Waals surface area (Å²) < 4.78 is 14.6. The maximum absolute atomic E-state index is 14.6. The van der Waals surface area contributed by atoms with Crippen molar-refractivity contribution in [2.45, 2.75) is 37.8 Å². The second-order valence-corrected chi connectivity index (χ2v) is 8.27. The van der Waals surface area contributed by atoms with Gasteiger partial charge in [0, 0.05) is 43.5 Å². The monoisotopic (exact) mass is 446 g/mol. The predicted octanol–water partition coefficient (Wildman–Crippen LogP) is 3.39. The number of H-pyrrole nitrogens is 1. The zero-order valence-electron chi connectivity index (χ0n) is 17.3. The maximum atomic E-state index is 14.6. The van der Waals surface area contributed by atoms with E-state index in [0.29, 0.717) is 22.1 Å². The number of rotatable bonds is 4. The molecule has 9 nitrogen and oxygen atoms in total. The Balaban J connectivity index is 1.63. The molecule has 4 N–H and O–H groups in total. The number of pyridine rings is 1. The van der Waals surface area contributed by atoms with Crippen LogP contribution in [0.25, 0.3) is 22.4 Å². The summed E-state index contributed by atoms with van der Waals surface area (Å²) in [5.41, 5.74) is 1.30. The molecule has 164 valence electrons. The van der Waals surface area contributed by atoms with Gasteiger partial charge in [-0.1, -0.05) is 24.4 Å². The Morgan fingerprint density at radius 2 is 2.06 bits per heavy atom. The molecule has 2 unspecified atom stereocenters. The van der Waals surface area contributed by atoms with Gasteiger partial charge in [-0.25, -0.2) is 30.0 Å². The van der Waals surface area contributed by atoms with Gasteiger partial charge in [-0.05, 0) is 18.9 Å². The van der Waals surface area contributed by atoms with Crippen molar-refractivity contribution < 1.29 is 9.18 Å². The summed E-state index contributed by atoms with van der Waals surface area (Å²) in [5.74, 6) is 5.93. The molecule has 31 heavy (non-hydrogen) atoms. The lowest BCUT2D eigenvalue weighted by Gasteiger charge is -2.38. The number of hydrazine groups is 1. The first-order valence-electron chi connectivity index (χ1n) is 10.0. The highest BCUT2D eigenvalue weighted by Gasteiger charge is 2.33. The lowest BCUT2D eigenvalue weighted by Crippen LogP contribution is -2.57. The highest BCUT2D eigenvalue weighted by atomic mass is 35.5. The molecule has 3 aromatic heterocycles. The molecule has 0 bridgehead atoms. The van der Waals surface area contributed by atoms with Gasteiger partial charge in [0.2, 0.25) is 0 Å². The van der Waals surface area contributed by atoms with Crippen LogP contribution in [0.4, 0.5) is 15.0 Å². The highest BCUT2D eigenvalue weighted by molar-refractivity contribution is 6.31. The number of carbonyl (C=O) groups is 1. The van der Waals surface area contributed by atoms with Crippen molar-refractivity contribution in [3.8, 4) is 11.4 Å². The summed E-state index contributed by atoms with van der Waals surface area (Å²) in [6, 6.07) is 0.938. The smallest absolute Gasteiger partial charge is 0.333 e. The van der Waals surface area contributed by atoms with Crippen LogP contribution in [0, 0.1) is 5.82 Å². The van der Waals surface area contributed by atoms with E-state index in [0.717, 1.165) is 37.3 Å². The third kappa shape index (κ3) is 4.26. The average molecular weight is 447 g/mol. The zero-order chi connectivity index (χ0) is 22.1. The zero-order valence-corrected chi connectivity index (χ0v) is 18.0.